The Hall–Kier alpha value is -2.34. The Morgan fingerprint density at radius 2 is 1.86 bits per heavy atom. The van der Waals surface area contributed by atoms with Crippen molar-refractivity contribution in [1.82, 2.24) is 15.5 Å². The Labute approximate surface area is 171 Å². The highest BCUT2D eigenvalue weighted by molar-refractivity contribution is 7.09. The van der Waals surface area contributed by atoms with Gasteiger partial charge in [-0.1, -0.05) is 49.2 Å². The summed E-state index contributed by atoms with van der Waals surface area (Å²) in [6, 6.07) is 14.9. The molecule has 0 aliphatic heterocycles. The third-order valence-electron chi connectivity index (χ3n) is 5.42. The third kappa shape index (κ3) is 5.35. The van der Waals surface area contributed by atoms with E-state index in [1.165, 1.54) is 36.1 Å². The van der Waals surface area contributed by atoms with Crippen LogP contribution in [0.2, 0.25) is 0 Å². The van der Waals surface area contributed by atoms with Gasteiger partial charge in [0.05, 0.1) is 6.54 Å². The number of nitrogens with zero attached hydrogens (tertiary/aromatic N) is 2. The zero-order chi connectivity index (χ0) is 19.8. The van der Waals surface area contributed by atoms with Crippen LogP contribution in [0, 0.1) is 0 Å². The lowest BCUT2D eigenvalue weighted by Crippen LogP contribution is -2.45. The number of nitrogens with one attached hydrogen (secondary N) is 2. The van der Waals surface area contributed by atoms with Gasteiger partial charge in [0.1, 0.15) is 6.54 Å². The summed E-state index contributed by atoms with van der Waals surface area (Å²) in [5.74, 6) is 0.696. The summed E-state index contributed by atoms with van der Waals surface area (Å²) in [7, 11) is 3.51. The van der Waals surface area contributed by atoms with Crippen LogP contribution in [0.25, 0.3) is 0 Å². The SMILES string of the molecule is CN(C)C(=O)CN=C(NCc1cccs1)NCC1(c2ccccc2)CCCC1. The molecule has 0 radical (unpaired) electrons. The molecule has 3 rings (SSSR count). The molecule has 1 fully saturated rings. The van der Waals surface area contributed by atoms with Gasteiger partial charge in [0.25, 0.3) is 0 Å². The molecule has 5 nitrogen and oxygen atoms in total. The summed E-state index contributed by atoms with van der Waals surface area (Å²) >= 11 is 1.71. The van der Waals surface area contributed by atoms with Crippen LogP contribution in [0.4, 0.5) is 0 Å². The summed E-state index contributed by atoms with van der Waals surface area (Å²) < 4.78 is 0. The minimum absolute atomic E-state index is 0.00383. The molecular weight excluding hydrogens is 368 g/mol. The molecule has 150 valence electrons. The predicted octanol–water partition coefficient (Wildman–Crippen LogP) is 3.38. The molecule has 1 aromatic carbocycles. The van der Waals surface area contributed by atoms with Gasteiger partial charge in [0.2, 0.25) is 5.91 Å². The lowest BCUT2D eigenvalue weighted by atomic mass is 9.79. The molecule has 28 heavy (non-hydrogen) atoms. The van der Waals surface area contributed by atoms with E-state index in [0.717, 1.165) is 6.54 Å². The van der Waals surface area contributed by atoms with Crippen LogP contribution in [-0.4, -0.2) is 44.0 Å². The molecule has 6 heteroatoms. The van der Waals surface area contributed by atoms with Gasteiger partial charge in [-0.05, 0) is 29.9 Å². The summed E-state index contributed by atoms with van der Waals surface area (Å²) in [6.07, 6.45) is 4.87. The van der Waals surface area contributed by atoms with Gasteiger partial charge in [0, 0.05) is 30.9 Å². The molecule has 1 amide bonds. The van der Waals surface area contributed by atoms with Gasteiger partial charge >= 0.3 is 0 Å². The number of benzene rings is 1. The number of hydrogen-bond acceptors (Lipinski definition) is 3. The predicted molar refractivity (Wildman–Crippen MR) is 117 cm³/mol. The highest BCUT2D eigenvalue weighted by Gasteiger charge is 2.35. The van der Waals surface area contributed by atoms with Crippen molar-refractivity contribution >= 4 is 23.2 Å². The largest absolute Gasteiger partial charge is 0.355 e. The number of amides is 1. The van der Waals surface area contributed by atoms with E-state index in [2.05, 4.69) is 57.4 Å². The summed E-state index contributed by atoms with van der Waals surface area (Å²) in [4.78, 5) is 19.3. The molecule has 0 saturated heterocycles. The average Bonchev–Trinajstić information content (AvgIpc) is 3.40. The Balaban J connectivity index is 1.70. The molecule has 1 saturated carbocycles. The van der Waals surface area contributed by atoms with Crippen molar-refractivity contribution in [3.8, 4) is 0 Å². The van der Waals surface area contributed by atoms with Gasteiger partial charge < -0.3 is 15.5 Å². The van der Waals surface area contributed by atoms with E-state index in [4.69, 9.17) is 0 Å². The minimum Gasteiger partial charge on any atom is -0.355 e. The Kier molecular flexibility index (Phi) is 7.09. The number of carbonyl (C=O) groups excluding carboxylic acids is 1. The zero-order valence-corrected chi connectivity index (χ0v) is 17.6. The molecule has 1 aliphatic rings. The number of likely N-dealkylation sites (N-methyl/N-ethyl adjacent to an activating group) is 1. The van der Waals surface area contributed by atoms with Crippen molar-refractivity contribution in [1.29, 1.82) is 0 Å². The Bertz CT molecular complexity index is 765. The monoisotopic (exact) mass is 398 g/mol. The fourth-order valence-electron chi connectivity index (χ4n) is 3.71. The maximum Gasteiger partial charge on any atom is 0.243 e. The van der Waals surface area contributed by atoms with Crippen molar-refractivity contribution in [2.75, 3.05) is 27.2 Å². The van der Waals surface area contributed by atoms with Gasteiger partial charge in [-0.3, -0.25) is 4.79 Å². The fraction of sp³-hybridized carbons (Fsp3) is 0.455. The van der Waals surface area contributed by atoms with Crippen LogP contribution in [-0.2, 0) is 16.8 Å². The normalized spacial score (nSPS) is 16.0. The highest BCUT2D eigenvalue weighted by Crippen LogP contribution is 2.40. The smallest absolute Gasteiger partial charge is 0.243 e. The van der Waals surface area contributed by atoms with Gasteiger partial charge in [0.15, 0.2) is 5.96 Å². The van der Waals surface area contributed by atoms with Crippen molar-refractivity contribution in [3.63, 3.8) is 0 Å². The van der Waals surface area contributed by atoms with Crippen molar-refractivity contribution in [2.24, 2.45) is 4.99 Å². The van der Waals surface area contributed by atoms with Crippen molar-refractivity contribution in [3.05, 3.63) is 58.3 Å². The van der Waals surface area contributed by atoms with E-state index in [-0.39, 0.29) is 17.9 Å². The number of thiophene rings is 1. The van der Waals surface area contributed by atoms with Crippen molar-refractivity contribution in [2.45, 2.75) is 37.6 Å². The molecule has 1 heterocycles. The van der Waals surface area contributed by atoms with E-state index in [1.54, 1.807) is 30.3 Å². The molecular formula is C22H30N4OS. The van der Waals surface area contributed by atoms with Gasteiger partial charge in [-0.2, -0.15) is 0 Å². The molecule has 1 aromatic heterocycles. The van der Waals surface area contributed by atoms with Crippen LogP contribution >= 0.6 is 11.3 Å². The minimum atomic E-state index is -0.00383. The standard InChI is InChI=1S/C22H30N4OS/c1-26(2)20(27)16-24-21(23-15-19-11-8-14-28-19)25-17-22(12-6-7-13-22)18-9-4-3-5-10-18/h3-5,8-11,14H,6-7,12-13,15-17H2,1-2H3,(H2,23,24,25). The Morgan fingerprint density at radius 1 is 1.11 bits per heavy atom. The molecule has 2 aromatic rings. The summed E-state index contributed by atoms with van der Waals surface area (Å²) in [5.41, 5.74) is 1.53. The molecule has 0 unspecified atom stereocenters. The van der Waals surface area contributed by atoms with Crippen LogP contribution in [0.5, 0.6) is 0 Å². The second kappa shape index (κ2) is 9.73. The van der Waals surface area contributed by atoms with Crippen LogP contribution in [0.1, 0.15) is 36.1 Å². The van der Waals surface area contributed by atoms with Crippen molar-refractivity contribution < 1.29 is 4.79 Å². The maximum absolute atomic E-state index is 12.0. The number of hydrogen-bond donors (Lipinski definition) is 2. The van der Waals surface area contributed by atoms with Gasteiger partial charge in [-0.15, -0.1) is 11.3 Å². The highest BCUT2D eigenvalue weighted by atomic mass is 32.1. The first-order valence-corrected chi connectivity index (χ1v) is 10.8. The van der Waals surface area contributed by atoms with E-state index in [0.29, 0.717) is 12.5 Å². The second-order valence-electron chi connectivity index (χ2n) is 7.59. The summed E-state index contributed by atoms with van der Waals surface area (Å²) in [6.45, 7) is 1.67. The molecule has 2 N–H and O–H groups in total. The lowest BCUT2D eigenvalue weighted by molar-refractivity contribution is -0.127. The second-order valence-corrected chi connectivity index (χ2v) is 8.63. The molecule has 0 spiro atoms. The number of rotatable bonds is 7. The van der Waals surface area contributed by atoms with Crippen LogP contribution in [0.15, 0.2) is 52.8 Å². The van der Waals surface area contributed by atoms with Gasteiger partial charge in [-0.25, -0.2) is 4.99 Å². The fourth-order valence-corrected chi connectivity index (χ4v) is 4.35. The first kappa shape index (κ1) is 20.4. The lowest BCUT2D eigenvalue weighted by Gasteiger charge is -2.31. The average molecular weight is 399 g/mol. The summed E-state index contributed by atoms with van der Waals surface area (Å²) in [5, 5.41) is 8.99. The zero-order valence-electron chi connectivity index (χ0n) is 16.8. The maximum atomic E-state index is 12.0. The van der Waals surface area contributed by atoms with Crippen LogP contribution in [0.3, 0.4) is 0 Å². The Morgan fingerprint density at radius 3 is 2.50 bits per heavy atom. The first-order valence-electron chi connectivity index (χ1n) is 9.89. The van der Waals surface area contributed by atoms with Crippen LogP contribution < -0.4 is 10.6 Å². The molecule has 1 aliphatic carbocycles. The molecule has 0 bridgehead atoms. The van der Waals surface area contributed by atoms with E-state index >= 15 is 0 Å². The van der Waals surface area contributed by atoms with E-state index in [1.807, 2.05) is 6.07 Å². The number of carbonyl (C=O) groups is 1. The molecule has 0 atom stereocenters. The quantitative estimate of drug-likeness (QED) is 0.555. The number of guanidine groups is 1. The number of aliphatic imine (C=N–C) groups is 1. The van der Waals surface area contributed by atoms with E-state index in [9.17, 15) is 4.79 Å². The topological polar surface area (TPSA) is 56.7 Å². The third-order valence-corrected chi connectivity index (χ3v) is 6.30. The van der Waals surface area contributed by atoms with E-state index < -0.39 is 0 Å². The first-order chi connectivity index (χ1) is 13.6.